The molecule has 1 amide bonds. The molecule has 0 aliphatic carbocycles. The monoisotopic (exact) mass is 335 g/mol. The maximum atomic E-state index is 11.9. The van der Waals surface area contributed by atoms with Crippen molar-refractivity contribution < 1.29 is 9.53 Å². The van der Waals surface area contributed by atoms with Gasteiger partial charge in [0.25, 0.3) is 5.91 Å². The quantitative estimate of drug-likeness (QED) is 0.477. The lowest BCUT2D eigenvalue weighted by Crippen LogP contribution is -2.20. The molecule has 0 spiro atoms. The zero-order chi connectivity index (χ0) is 15.9. The van der Waals surface area contributed by atoms with Gasteiger partial charge in [0.15, 0.2) is 10.9 Å². The molecule has 1 aromatic heterocycles. The topological polar surface area (TPSA) is 64.1 Å². The summed E-state index contributed by atoms with van der Waals surface area (Å²) in [6.45, 7) is 7.57. The first-order chi connectivity index (χ1) is 10.6. The maximum absolute atomic E-state index is 11.9. The van der Waals surface area contributed by atoms with Crippen LogP contribution in [0.1, 0.15) is 11.1 Å². The molecule has 0 saturated carbocycles. The molecule has 1 N–H and O–H groups in total. The number of amides is 1. The fourth-order valence-corrected chi connectivity index (χ4v) is 3.30. The van der Waals surface area contributed by atoms with E-state index >= 15 is 0 Å². The molecule has 0 aliphatic rings. The summed E-state index contributed by atoms with van der Waals surface area (Å²) < 4.78 is 6.30. The van der Waals surface area contributed by atoms with Gasteiger partial charge in [-0.1, -0.05) is 35.2 Å². The van der Waals surface area contributed by atoms with Crippen molar-refractivity contribution in [1.29, 1.82) is 0 Å². The first-order valence-electron chi connectivity index (χ1n) is 6.65. The molecular formula is C15H17N3O2S2. The van der Waals surface area contributed by atoms with E-state index in [1.807, 2.05) is 26.0 Å². The van der Waals surface area contributed by atoms with Crippen molar-refractivity contribution in [3.8, 4) is 5.75 Å². The van der Waals surface area contributed by atoms with Crippen LogP contribution in [0.4, 0.5) is 5.13 Å². The summed E-state index contributed by atoms with van der Waals surface area (Å²) in [5, 5.41) is 11.0. The molecule has 1 aromatic carbocycles. The standard InChI is InChI=1S/C15H17N3O2S2/c1-4-5-21-15-18-17-14(22-15)16-13(19)9-20-12-7-10(2)6-11(3)8-12/h4,6-8H,1,5,9H2,2-3H3,(H,16,17,19). The van der Waals surface area contributed by atoms with Gasteiger partial charge in [-0.25, -0.2) is 0 Å². The van der Waals surface area contributed by atoms with Crippen molar-refractivity contribution in [2.45, 2.75) is 18.2 Å². The second-order valence-corrected chi connectivity index (χ2v) is 6.88. The van der Waals surface area contributed by atoms with Gasteiger partial charge in [-0.2, -0.15) is 0 Å². The van der Waals surface area contributed by atoms with Gasteiger partial charge in [0.05, 0.1) is 0 Å². The van der Waals surface area contributed by atoms with Crippen LogP contribution < -0.4 is 10.1 Å². The molecular weight excluding hydrogens is 318 g/mol. The van der Waals surface area contributed by atoms with E-state index < -0.39 is 0 Å². The van der Waals surface area contributed by atoms with Crippen LogP contribution in [0.15, 0.2) is 35.2 Å². The summed E-state index contributed by atoms with van der Waals surface area (Å²) >= 11 is 2.86. The van der Waals surface area contributed by atoms with E-state index in [0.29, 0.717) is 10.9 Å². The Morgan fingerprint density at radius 1 is 1.36 bits per heavy atom. The van der Waals surface area contributed by atoms with Crippen LogP contribution in [0.3, 0.4) is 0 Å². The highest BCUT2D eigenvalue weighted by Crippen LogP contribution is 2.25. The Bertz CT molecular complexity index is 650. The minimum atomic E-state index is -0.254. The number of carbonyl (C=O) groups is 1. The molecule has 0 atom stereocenters. The first kappa shape index (κ1) is 16.5. The van der Waals surface area contributed by atoms with E-state index in [1.54, 1.807) is 6.08 Å². The number of thioether (sulfide) groups is 1. The molecule has 5 nitrogen and oxygen atoms in total. The number of nitrogens with zero attached hydrogens (tertiary/aromatic N) is 2. The lowest BCUT2D eigenvalue weighted by atomic mass is 10.1. The molecule has 0 bridgehead atoms. The summed E-state index contributed by atoms with van der Waals surface area (Å²) in [4.78, 5) is 11.9. The molecule has 0 saturated heterocycles. The van der Waals surface area contributed by atoms with Crippen LogP contribution >= 0.6 is 23.1 Å². The molecule has 0 radical (unpaired) electrons. The molecule has 2 aromatic rings. The number of aryl methyl sites for hydroxylation is 2. The average molecular weight is 335 g/mol. The van der Waals surface area contributed by atoms with Crippen molar-refractivity contribution in [2.75, 3.05) is 17.7 Å². The third-order valence-electron chi connectivity index (χ3n) is 2.54. The number of carbonyl (C=O) groups excluding carboxylic acids is 1. The minimum absolute atomic E-state index is 0.0579. The highest BCUT2D eigenvalue weighted by molar-refractivity contribution is 8.01. The van der Waals surface area contributed by atoms with Crippen LogP contribution in [0.2, 0.25) is 0 Å². The van der Waals surface area contributed by atoms with Crippen LogP contribution in [0.5, 0.6) is 5.75 Å². The van der Waals surface area contributed by atoms with E-state index in [0.717, 1.165) is 21.2 Å². The Hall–Kier alpha value is -1.86. The Balaban J connectivity index is 1.84. The van der Waals surface area contributed by atoms with Crippen molar-refractivity contribution in [2.24, 2.45) is 0 Å². The zero-order valence-corrected chi connectivity index (χ0v) is 14.1. The van der Waals surface area contributed by atoms with Crippen LogP contribution in [-0.4, -0.2) is 28.5 Å². The van der Waals surface area contributed by atoms with E-state index in [1.165, 1.54) is 23.1 Å². The second kappa shape index (κ2) is 7.95. The summed E-state index contributed by atoms with van der Waals surface area (Å²) in [6, 6.07) is 5.85. The van der Waals surface area contributed by atoms with Crippen molar-refractivity contribution >= 4 is 34.1 Å². The fourth-order valence-electron chi connectivity index (χ4n) is 1.77. The zero-order valence-electron chi connectivity index (χ0n) is 12.5. The van der Waals surface area contributed by atoms with Crippen LogP contribution in [-0.2, 0) is 4.79 Å². The van der Waals surface area contributed by atoms with Gasteiger partial charge in [0.1, 0.15) is 5.75 Å². The molecule has 0 fully saturated rings. The number of rotatable bonds is 7. The summed E-state index contributed by atoms with van der Waals surface area (Å²) in [5.41, 5.74) is 2.20. The Kier molecular flexibility index (Phi) is 5.97. The third kappa shape index (κ3) is 5.16. The number of anilines is 1. The van der Waals surface area contributed by atoms with Gasteiger partial charge < -0.3 is 4.74 Å². The summed E-state index contributed by atoms with van der Waals surface area (Å²) in [6.07, 6.45) is 1.79. The molecule has 2 rings (SSSR count). The number of aromatic nitrogens is 2. The predicted octanol–water partition coefficient (Wildman–Crippen LogP) is 3.45. The van der Waals surface area contributed by atoms with Gasteiger partial charge in [-0.05, 0) is 37.1 Å². The lowest BCUT2D eigenvalue weighted by Gasteiger charge is -2.07. The second-order valence-electron chi connectivity index (χ2n) is 4.63. The van der Waals surface area contributed by atoms with Gasteiger partial charge in [0.2, 0.25) is 5.13 Å². The number of hydrogen-bond donors (Lipinski definition) is 1. The van der Waals surface area contributed by atoms with Crippen LogP contribution in [0, 0.1) is 13.8 Å². The van der Waals surface area contributed by atoms with Crippen molar-refractivity contribution in [1.82, 2.24) is 10.2 Å². The van der Waals surface area contributed by atoms with Crippen molar-refractivity contribution in [3.05, 3.63) is 42.0 Å². The predicted molar refractivity (Wildman–Crippen MR) is 90.9 cm³/mol. The normalized spacial score (nSPS) is 10.3. The average Bonchev–Trinajstić information content (AvgIpc) is 2.89. The summed E-state index contributed by atoms with van der Waals surface area (Å²) in [5.74, 6) is 1.20. The van der Waals surface area contributed by atoms with Gasteiger partial charge in [-0.15, -0.1) is 16.8 Å². The fraction of sp³-hybridized carbons (Fsp3) is 0.267. The number of nitrogens with one attached hydrogen (secondary N) is 1. The molecule has 7 heteroatoms. The van der Waals surface area contributed by atoms with Gasteiger partial charge in [-0.3, -0.25) is 10.1 Å². The van der Waals surface area contributed by atoms with E-state index in [9.17, 15) is 4.79 Å². The van der Waals surface area contributed by atoms with Crippen LogP contribution in [0.25, 0.3) is 0 Å². The minimum Gasteiger partial charge on any atom is -0.484 e. The number of benzene rings is 1. The number of hydrogen-bond acceptors (Lipinski definition) is 6. The first-order valence-corrected chi connectivity index (χ1v) is 8.45. The molecule has 1 heterocycles. The van der Waals surface area contributed by atoms with E-state index in [4.69, 9.17) is 4.74 Å². The molecule has 116 valence electrons. The Labute approximate surface area is 137 Å². The highest BCUT2D eigenvalue weighted by Gasteiger charge is 2.09. The van der Waals surface area contributed by atoms with E-state index in [2.05, 4.69) is 28.2 Å². The highest BCUT2D eigenvalue weighted by atomic mass is 32.2. The van der Waals surface area contributed by atoms with E-state index in [-0.39, 0.29) is 12.5 Å². The molecule has 0 aliphatic heterocycles. The third-order valence-corrected chi connectivity index (χ3v) is 4.51. The largest absolute Gasteiger partial charge is 0.484 e. The van der Waals surface area contributed by atoms with Crippen molar-refractivity contribution in [3.63, 3.8) is 0 Å². The smallest absolute Gasteiger partial charge is 0.264 e. The Morgan fingerprint density at radius 2 is 2.09 bits per heavy atom. The number of ether oxygens (including phenoxy) is 1. The van der Waals surface area contributed by atoms with Gasteiger partial charge in [0, 0.05) is 5.75 Å². The molecule has 0 unspecified atom stereocenters. The molecule has 22 heavy (non-hydrogen) atoms. The van der Waals surface area contributed by atoms with Gasteiger partial charge >= 0.3 is 0 Å². The maximum Gasteiger partial charge on any atom is 0.264 e. The lowest BCUT2D eigenvalue weighted by molar-refractivity contribution is -0.118. The SMILES string of the molecule is C=CCSc1nnc(NC(=O)COc2cc(C)cc(C)c2)s1. The Morgan fingerprint density at radius 3 is 2.77 bits per heavy atom. The summed E-state index contributed by atoms with van der Waals surface area (Å²) in [7, 11) is 0.